The van der Waals surface area contributed by atoms with Crippen molar-refractivity contribution in [2.24, 2.45) is 0 Å². The van der Waals surface area contributed by atoms with Gasteiger partial charge < -0.3 is 10.1 Å². The maximum atomic E-state index is 12.4. The Labute approximate surface area is 155 Å². The van der Waals surface area contributed by atoms with Crippen LogP contribution in [0.25, 0.3) is 10.9 Å². The van der Waals surface area contributed by atoms with E-state index in [1.54, 1.807) is 31.5 Å². The molecule has 0 aliphatic heterocycles. The molecule has 0 spiro atoms. The van der Waals surface area contributed by atoms with Gasteiger partial charge in [0.2, 0.25) is 11.8 Å². The van der Waals surface area contributed by atoms with Gasteiger partial charge in [0.05, 0.1) is 18.8 Å². The zero-order valence-electron chi connectivity index (χ0n) is 14.2. The Morgan fingerprint density at radius 1 is 1.19 bits per heavy atom. The molecule has 0 bridgehead atoms. The molecule has 26 heavy (non-hydrogen) atoms. The fraction of sp³-hybridized carbons (Fsp3) is 0.211. The Bertz CT molecular complexity index is 952. The summed E-state index contributed by atoms with van der Waals surface area (Å²) in [5.41, 5.74) is 1.57. The molecular formula is C19H18ClN3O3. The second-order valence-electron chi connectivity index (χ2n) is 5.78. The van der Waals surface area contributed by atoms with Gasteiger partial charge in [-0.05, 0) is 35.9 Å². The molecule has 0 fully saturated rings. The summed E-state index contributed by atoms with van der Waals surface area (Å²) in [6, 6.07) is 12.7. The number of fused-ring (bicyclic) bond motifs is 1. The van der Waals surface area contributed by atoms with Crippen molar-refractivity contribution in [2.45, 2.75) is 19.4 Å². The molecule has 6 nitrogen and oxygen atoms in total. The third-order valence-corrected chi connectivity index (χ3v) is 4.19. The summed E-state index contributed by atoms with van der Waals surface area (Å²) >= 11 is 5.98. The second-order valence-corrected chi connectivity index (χ2v) is 6.22. The van der Waals surface area contributed by atoms with Gasteiger partial charge in [-0.25, -0.2) is 4.68 Å². The first-order valence-corrected chi connectivity index (χ1v) is 8.51. The van der Waals surface area contributed by atoms with E-state index >= 15 is 0 Å². The third kappa shape index (κ3) is 4.21. The van der Waals surface area contributed by atoms with E-state index in [-0.39, 0.29) is 24.7 Å². The topological polar surface area (TPSA) is 73.2 Å². The summed E-state index contributed by atoms with van der Waals surface area (Å²) in [6.45, 7) is 0.379. The molecule has 0 radical (unpaired) electrons. The van der Waals surface area contributed by atoms with Crippen LogP contribution in [0.5, 0.6) is 5.75 Å². The number of carbonyl (C=O) groups excluding carboxylic acids is 2. The van der Waals surface area contributed by atoms with E-state index in [2.05, 4.69) is 10.4 Å². The Morgan fingerprint density at radius 2 is 2.04 bits per heavy atom. The number of rotatable bonds is 6. The Balaban J connectivity index is 1.55. The molecule has 0 saturated carbocycles. The van der Waals surface area contributed by atoms with Crippen molar-refractivity contribution in [1.82, 2.24) is 15.1 Å². The van der Waals surface area contributed by atoms with Crippen LogP contribution in [-0.2, 0) is 11.3 Å². The lowest BCUT2D eigenvalue weighted by molar-refractivity contribution is -0.121. The summed E-state index contributed by atoms with van der Waals surface area (Å²) in [5, 5.41) is 8.24. The van der Waals surface area contributed by atoms with Crippen molar-refractivity contribution in [2.75, 3.05) is 7.11 Å². The number of hydrogen-bond donors (Lipinski definition) is 1. The van der Waals surface area contributed by atoms with Gasteiger partial charge in [-0.2, -0.15) is 5.10 Å². The number of nitrogens with zero attached hydrogens (tertiary/aromatic N) is 2. The van der Waals surface area contributed by atoms with Crippen molar-refractivity contribution in [1.29, 1.82) is 0 Å². The first-order chi connectivity index (χ1) is 12.6. The van der Waals surface area contributed by atoms with E-state index in [1.165, 1.54) is 4.68 Å². The van der Waals surface area contributed by atoms with Crippen LogP contribution in [0, 0.1) is 0 Å². The maximum Gasteiger partial charge on any atom is 0.247 e. The van der Waals surface area contributed by atoms with Gasteiger partial charge in [-0.1, -0.05) is 23.7 Å². The quantitative estimate of drug-likeness (QED) is 0.720. The number of amides is 1. The van der Waals surface area contributed by atoms with Crippen LogP contribution in [0.2, 0.25) is 5.02 Å². The monoisotopic (exact) mass is 371 g/mol. The van der Waals surface area contributed by atoms with Crippen molar-refractivity contribution in [3.8, 4) is 5.75 Å². The van der Waals surface area contributed by atoms with Gasteiger partial charge in [-0.15, -0.1) is 0 Å². The highest BCUT2D eigenvalue weighted by Gasteiger charge is 2.13. The fourth-order valence-corrected chi connectivity index (χ4v) is 2.75. The van der Waals surface area contributed by atoms with Gasteiger partial charge in [-0.3, -0.25) is 9.59 Å². The minimum atomic E-state index is -0.251. The highest BCUT2D eigenvalue weighted by molar-refractivity contribution is 6.31. The van der Waals surface area contributed by atoms with Gasteiger partial charge >= 0.3 is 0 Å². The summed E-state index contributed by atoms with van der Waals surface area (Å²) in [5.74, 6) is 0.283. The number of ether oxygens (including phenoxy) is 1. The van der Waals surface area contributed by atoms with Crippen LogP contribution in [-0.4, -0.2) is 28.7 Å². The van der Waals surface area contributed by atoms with Crippen molar-refractivity contribution in [3.05, 3.63) is 59.2 Å². The number of nitrogens with one attached hydrogen (secondary N) is 1. The van der Waals surface area contributed by atoms with Gasteiger partial charge in [0.1, 0.15) is 5.75 Å². The first-order valence-electron chi connectivity index (χ1n) is 8.13. The predicted octanol–water partition coefficient (Wildman–Crippen LogP) is 3.44. The molecule has 2 aromatic carbocycles. The number of benzene rings is 2. The van der Waals surface area contributed by atoms with Crippen molar-refractivity contribution in [3.63, 3.8) is 0 Å². The average molecular weight is 372 g/mol. The summed E-state index contributed by atoms with van der Waals surface area (Å²) in [7, 11) is 1.59. The molecule has 3 rings (SSSR count). The van der Waals surface area contributed by atoms with E-state index in [1.807, 2.05) is 24.3 Å². The average Bonchev–Trinajstić information content (AvgIpc) is 3.07. The van der Waals surface area contributed by atoms with Crippen LogP contribution in [0.15, 0.2) is 48.7 Å². The molecule has 3 aromatic rings. The minimum Gasteiger partial charge on any atom is -0.497 e. The van der Waals surface area contributed by atoms with Crippen LogP contribution in [0.3, 0.4) is 0 Å². The largest absolute Gasteiger partial charge is 0.497 e. The Kier molecular flexibility index (Phi) is 5.53. The molecule has 1 aromatic heterocycles. The third-order valence-electron chi connectivity index (χ3n) is 3.96. The van der Waals surface area contributed by atoms with Crippen LogP contribution >= 0.6 is 11.6 Å². The number of halogens is 1. The van der Waals surface area contributed by atoms with Crippen molar-refractivity contribution >= 4 is 34.3 Å². The number of methoxy groups -OCH3 is 1. The molecule has 1 heterocycles. The molecule has 7 heteroatoms. The Morgan fingerprint density at radius 3 is 2.85 bits per heavy atom. The van der Waals surface area contributed by atoms with E-state index < -0.39 is 0 Å². The van der Waals surface area contributed by atoms with E-state index in [0.717, 1.165) is 16.7 Å². The lowest BCUT2D eigenvalue weighted by Crippen LogP contribution is -2.24. The van der Waals surface area contributed by atoms with Crippen LogP contribution in [0.1, 0.15) is 23.2 Å². The zero-order chi connectivity index (χ0) is 18.5. The maximum absolute atomic E-state index is 12.4. The van der Waals surface area contributed by atoms with Gasteiger partial charge in [0.15, 0.2) is 0 Å². The summed E-state index contributed by atoms with van der Waals surface area (Å²) in [6.07, 6.45) is 1.75. The zero-order valence-corrected chi connectivity index (χ0v) is 15.0. The Hall–Kier alpha value is -2.86. The standard InChI is InChI=1S/C19H18ClN3O3/c1-26-16-4-2-3-13(9-16)11-21-18(24)7-8-19(25)23-17-10-15(20)6-5-14(17)12-22-23/h2-6,9-10,12H,7-8,11H2,1H3,(H,21,24). The van der Waals surface area contributed by atoms with E-state index in [4.69, 9.17) is 16.3 Å². The number of carbonyl (C=O) groups is 2. The molecule has 0 aliphatic rings. The van der Waals surface area contributed by atoms with Crippen LogP contribution in [0.4, 0.5) is 0 Å². The molecular weight excluding hydrogens is 354 g/mol. The van der Waals surface area contributed by atoms with E-state index in [0.29, 0.717) is 17.1 Å². The molecule has 0 aliphatic carbocycles. The van der Waals surface area contributed by atoms with E-state index in [9.17, 15) is 9.59 Å². The highest BCUT2D eigenvalue weighted by Crippen LogP contribution is 2.19. The number of aromatic nitrogens is 2. The SMILES string of the molecule is COc1cccc(CNC(=O)CCC(=O)n2ncc3ccc(Cl)cc32)c1. The van der Waals surface area contributed by atoms with Gasteiger partial charge in [0, 0.05) is 29.8 Å². The lowest BCUT2D eigenvalue weighted by Gasteiger charge is -2.07. The lowest BCUT2D eigenvalue weighted by atomic mass is 10.2. The minimum absolute atomic E-state index is 0.0627. The molecule has 134 valence electrons. The summed E-state index contributed by atoms with van der Waals surface area (Å²) < 4.78 is 6.44. The molecule has 0 unspecified atom stereocenters. The molecule has 0 saturated heterocycles. The summed E-state index contributed by atoms with van der Waals surface area (Å²) in [4.78, 5) is 24.4. The molecule has 1 amide bonds. The smallest absolute Gasteiger partial charge is 0.247 e. The fourth-order valence-electron chi connectivity index (χ4n) is 2.59. The molecule has 0 atom stereocenters. The molecule has 1 N–H and O–H groups in total. The van der Waals surface area contributed by atoms with Crippen LogP contribution < -0.4 is 10.1 Å². The normalized spacial score (nSPS) is 10.7. The predicted molar refractivity (Wildman–Crippen MR) is 99.4 cm³/mol. The van der Waals surface area contributed by atoms with Crippen molar-refractivity contribution < 1.29 is 14.3 Å². The first kappa shape index (κ1) is 17.9. The second kappa shape index (κ2) is 8.01. The number of hydrogen-bond acceptors (Lipinski definition) is 4. The highest BCUT2D eigenvalue weighted by atomic mass is 35.5. The van der Waals surface area contributed by atoms with Gasteiger partial charge in [0.25, 0.3) is 0 Å².